The van der Waals surface area contributed by atoms with Gasteiger partial charge in [0.25, 0.3) is 5.91 Å². The van der Waals surface area contributed by atoms with Crippen LogP contribution in [0.15, 0.2) is 36.8 Å². The summed E-state index contributed by atoms with van der Waals surface area (Å²) in [6.45, 7) is 3.43. The van der Waals surface area contributed by atoms with E-state index in [2.05, 4.69) is 26.4 Å². The number of rotatable bonds is 4. The molecule has 1 amide bonds. The van der Waals surface area contributed by atoms with Gasteiger partial charge in [-0.15, -0.1) is 0 Å². The second-order valence-electron chi connectivity index (χ2n) is 8.98. The molecule has 4 rings (SSSR count). The number of halogens is 6. The minimum absolute atomic E-state index is 0.0523. The van der Waals surface area contributed by atoms with E-state index in [1.807, 2.05) is 25.4 Å². The Morgan fingerprint density at radius 3 is 2.25 bits per heavy atom. The lowest BCUT2D eigenvalue weighted by molar-refractivity contribution is -0.193. The fourth-order valence-electron chi connectivity index (χ4n) is 4.03. The minimum atomic E-state index is -5.08. The molecule has 2 aromatic rings. The maximum absolute atomic E-state index is 12.4. The van der Waals surface area contributed by atoms with E-state index >= 15 is 0 Å². The number of carbonyl (C=O) groups is 3. The third-order valence-corrected chi connectivity index (χ3v) is 5.79. The van der Waals surface area contributed by atoms with Crippen LogP contribution in [-0.2, 0) is 27.9 Å². The fraction of sp³-hybridized carbons (Fsp3) is 0.522. The predicted octanol–water partition coefficient (Wildman–Crippen LogP) is 2.64. The quantitative estimate of drug-likeness (QED) is 0.463. The minimum Gasteiger partial charge on any atom is -0.475 e. The molecule has 40 heavy (non-hydrogen) atoms. The summed E-state index contributed by atoms with van der Waals surface area (Å²) < 4.78 is 71.3. The number of pyridine rings is 1. The molecule has 222 valence electrons. The maximum Gasteiger partial charge on any atom is 0.490 e. The molecule has 4 heterocycles. The molecule has 0 aliphatic carbocycles. The third-order valence-electron chi connectivity index (χ3n) is 5.79. The van der Waals surface area contributed by atoms with Crippen molar-refractivity contribution in [1.29, 1.82) is 0 Å². The van der Waals surface area contributed by atoms with Crippen molar-refractivity contribution in [3.8, 4) is 0 Å². The molecule has 2 aliphatic heterocycles. The smallest absolute Gasteiger partial charge is 0.475 e. The van der Waals surface area contributed by atoms with Crippen LogP contribution in [0.25, 0.3) is 0 Å². The van der Waals surface area contributed by atoms with Gasteiger partial charge >= 0.3 is 24.3 Å². The lowest BCUT2D eigenvalue weighted by Gasteiger charge is -2.38. The number of amides is 1. The van der Waals surface area contributed by atoms with Gasteiger partial charge in [0.05, 0.1) is 23.1 Å². The summed E-state index contributed by atoms with van der Waals surface area (Å²) >= 11 is 0. The standard InChI is InChI=1S/C19H25N5O2.2C2HF3O2/c1-23-12-15(11-21-23)18(25)22-16-5-9-26-19(10-16)6-8-24(14-19)13-17-4-2-3-7-20-17;2*3-2(4,5)1(6)7/h2-4,7,11-12,16H,5-6,8-10,13-14H2,1H3,(H,22,25);2*(H,6,7)/t16-,19-;;/m1../s1. The second-order valence-corrected chi connectivity index (χ2v) is 8.98. The molecule has 2 aromatic heterocycles. The van der Waals surface area contributed by atoms with Crippen LogP contribution in [0.5, 0.6) is 0 Å². The number of likely N-dealkylation sites (tertiary alicyclic amines) is 1. The molecule has 2 fully saturated rings. The van der Waals surface area contributed by atoms with Crippen molar-refractivity contribution in [3.63, 3.8) is 0 Å². The number of nitrogens with zero attached hydrogens (tertiary/aromatic N) is 4. The van der Waals surface area contributed by atoms with Gasteiger partial charge in [-0.3, -0.25) is 19.4 Å². The Labute approximate surface area is 223 Å². The Kier molecular flexibility index (Phi) is 11.0. The molecule has 2 atom stereocenters. The molecule has 3 N–H and O–H groups in total. The summed E-state index contributed by atoms with van der Waals surface area (Å²) in [6, 6.07) is 6.17. The summed E-state index contributed by atoms with van der Waals surface area (Å²) in [6.07, 6.45) is -2.27. The predicted molar refractivity (Wildman–Crippen MR) is 124 cm³/mol. The number of aliphatic carboxylic acids is 2. The average Bonchev–Trinajstić information content (AvgIpc) is 3.45. The Hall–Kier alpha value is -3.73. The van der Waals surface area contributed by atoms with Gasteiger partial charge in [-0.2, -0.15) is 31.4 Å². The van der Waals surface area contributed by atoms with Crippen molar-refractivity contribution in [2.75, 3.05) is 19.7 Å². The summed E-state index contributed by atoms with van der Waals surface area (Å²) in [5.74, 6) is -5.57. The van der Waals surface area contributed by atoms with Crippen molar-refractivity contribution < 1.29 is 55.7 Å². The Morgan fingerprint density at radius 1 is 1.12 bits per heavy atom. The van der Waals surface area contributed by atoms with E-state index in [4.69, 9.17) is 24.5 Å². The summed E-state index contributed by atoms with van der Waals surface area (Å²) in [7, 11) is 1.81. The Bertz CT molecular complexity index is 1120. The van der Waals surface area contributed by atoms with E-state index in [0.717, 1.165) is 44.6 Å². The largest absolute Gasteiger partial charge is 0.490 e. The van der Waals surface area contributed by atoms with E-state index in [9.17, 15) is 31.1 Å². The molecule has 0 radical (unpaired) electrons. The van der Waals surface area contributed by atoms with E-state index in [1.54, 1.807) is 17.1 Å². The summed E-state index contributed by atoms with van der Waals surface area (Å²) in [5.41, 5.74) is 1.54. The number of nitrogens with one attached hydrogen (secondary N) is 1. The fourth-order valence-corrected chi connectivity index (χ4v) is 4.03. The number of aromatic nitrogens is 3. The molecule has 11 nitrogen and oxygen atoms in total. The van der Waals surface area contributed by atoms with Crippen LogP contribution in [0.3, 0.4) is 0 Å². The molecule has 17 heteroatoms. The molecular formula is C23H27F6N5O6. The zero-order valence-corrected chi connectivity index (χ0v) is 21.1. The van der Waals surface area contributed by atoms with E-state index in [0.29, 0.717) is 12.2 Å². The lowest BCUT2D eigenvalue weighted by Crippen LogP contribution is -2.49. The van der Waals surface area contributed by atoms with Gasteiger partial charge in [0, 0.05) is 51.7 Å². The number of ether oxygens (including phenoxy) is 1. The molecule has 0 saturated carbocycles. The van der Waals surface area contributed by atoms with Crippen molar-refractivity contribution in [2.24, 2.45) is 7.05 Å². The van der Waals surface area contributed by atoms with Crippen LogP contribution < -0.4 is 5.32 Å². The van der Waals surface area contributed by atoms with Gasteiger partial charge < -0.3 is 20.3 Å². The van der Waals surface area contributed by atoms with Crippen LogP contribution in [0.2, 0.25) is 0 Å². The normalized spacial score (nSPS) is 21.0. The van der Waals surface area contributed by atoms with Crippen LogP contribution in [0.1, 0.15) is 35.3 Å². The van der Waals surface area contributed by atoms with Crippen molar-refractivity contribution in [3.05, 3.63) is 48.0 Å². The summed E-state index contributed by atoms with van der Waals surface area (Å²) in [5, 5.41) is 21.5. The Morgan fingerprint density at radius 2 is 1.75 bits per heavy atom. The molecule has 0 aromatic carbocycles. The number of hydrogen-bond acceptors (Lipinski definition) is 7. The monoisotopic (exact) mass is 583 g/mol. The first-order valence-corrected chi connectivity index (χ1v) is 11.7. The third kappa shape index (κ3) is 10.4. The summed E-state index contributed by atoms with van der Waals surface area (Å²) in [4.78, 5) is 37.0. The van der Waals surface area contributed by atoms with Gasteiger partial charge in [0.1, 0.15) is 0 Å². The molecule has 2 saturated heterocycles. The number of carboxylic acid groups (broad SMARTS) is 2. The van der Waals surface area contributed by atoms with Gasteiger partial charge in [-0.1, -0.05) is 6.07 Å². The Balaban J connectivity index is 0.000000333. The van der Waals surface area contributed by atoms with E-state index in [-0.39, 0.29) is 17.6 Å². The van der Waals surface area contributed by atoms with Gasteiger partial charge in [0.2, 0.25) is 0 Å². The molecule has 0 bridgehead atoms. The highest BCUT2D eigenvalue weighted by Gasteiger charge is 2.43. The number of aryl methyl sites for hydroxylation is 1. The first kappa shape index (κ1) is 32.5. The number of carboxylic acids is 2. The molecule has 1 spiro atoms. The highest BCUT2D eigenvalue weighted by molar-refractivity contribution is 5.93. The zero-order chi connectivity index (χ0) is 30.1. The SMILES string of the molecule is Cn1cc(C(=O)N[C@@H]2CCO[C@]3(CCN(Cc4ccccn4)C3)C2)cn1.O=C(O)C(F)(F)F.O=C(O)C(F)(F)F. The van der Waals surface area contributed by atoms with Crippen molar-refractivity contribution in [2.45, 2.75) is 49.8 Å². The maximum atomic E-state index is 12.4. The van der Waals surface area contributed by atoms with Gasteiger partial charge in [0.15, 0.2) is 0 Å². The number of hydrogen-bond donors (Lipinski definition) is 3. The highest BCUT2D eigenvalue weighted by atomic mass is 19.4. The molecule has 2 aliphatic rings. The number of carbonyl (C=O) groups excluding carboxylic acids is 1. The highest BCUT2D eigenvalue weighted by Crippen LogP contribution is 2.35. The van der Waals surface area contributed by atoms with Crippen LogP contribution in [0.4, 0.5) is 26.3 Å². The van der Waals surface area contributed by atoms with Crippen LogP contribution in [-0.4, -0.2) is 91.4 Å². The lowest BCUT2D eigenvalue weighted by atomic mass is 9.89. The second kappa shape index (κ2) is 13.6. The first-order chi connectivity index (χ1) is 18.5. The van der Waals surface area contributed by atoms with Crippen molar-refractivity contribution in [1.82, 2.24) is 25.0 Å². The zero-order valence-electron chi connectivity index (χ0n) is 21.1. The van der Waals surface area contributed by atoms with Crippen LogP contribution >= 0.6 is 0 Å². The van der Waals surface area contributed by atoms with Gasteiger partial charge in [-0.05, 0) is 31.4 Å². The average molecular weight is 583 g/mol. The van der Waals surface area contributed by atoms with Crippen molar-refractivity contribution >= 4 is 17.8 Å². The molecular weight excluding hydrogens is 556 g/mol. The van der Waals surface area contributed by atoms with Crippen LogP contribution in [0, 0.1) is 0 Å². The number of alkyl halides is 6. The van der Waals surface area contributed by atoms with E-state index < -0.39 is 24.3 Å². The topological polar surface area (TPSA) is 147 Å². The first-order valence-electron chi connectivity index (χ1n) is 11.7. The van der Waals surface area contributed by atoms with E-state index in [1.165, 1.54) is 0 Å². The molecule has 0 unspecified atom stereocenters. The van der Waals surface area contributed by atoms with Gasteiger partial charge in [-0.25, -0.2) is 9.59 Å².